The lowest BCUT2D eigenvalue weighted by Gasteiger charge is -2.24. The van der Waals surface area contributed by atoms with Gasteiger partial charge in [-0.1, -0.05) is 31.5 Å². The zero-order valence-electron chi connectivity index (χ0n) is 12.5. The highest BCUT2D eigenvalue weighted by Gasteiger charge is 2.29. The van der Waals surface area contributed by atoms with Crippen molar-refractivity contribution in [2.24, 2.45) is 5.92 Å². The number of nitrogens with one attached hydrogen (secondary N) is 1. The Kier molecular flexibility index (Phi) is 5.30. The van der Waals surface area contributed by atoms with Crippen molar-refractivity contribution < 1.29 is 13.2 Å². The van der Waals surface area contributed by atoms with Crippen LogP contribution in [0, 0.1) is 12.8 Å². The molecule has 0 aliphatic rings. The van der Waals surface area contributed by atoms with Crippen molar-refractivity contribution in [2.75, 3.05) is 14.1 Å². The first-order chi connectivity index (χ1) is 9.15. The van der Waals surface area contributed by atoms with Crippen LogP contribution in [0.15, 0.2) is 29.2 Å². The molecular formula is C14H22N2O3S. The highest BCUT2D eigenvalue weighted by atomic mass is 32.2. The van der Waals surface area contributed by atoms with Crippen LogP contribution >= 0.6 is 0 Å². The molecule has 1 atom stereocenters. The van der Waals surface area contributed by atoms with E-state index in [0.29, 0.717) is 0 Å². The molecule has 0 aliphatic carbocycles. The number of rotatable bonds is 5. The molecule has 0 saturated heterocycles. The maximum atomic E-state index is 12.3. The summed E-state index contributed by atoms with van der Waals surface area (Å²) in [5.74, 6) is -0.388. The Hall–Kier alpha value is -1.40. The fraction of sp³-hybridized carbons (Fsp3) is 0.500. The first-order valence-corrected chi connectivity index (χ1v) is 7.93. The molecule has 1 aromatic rings. The van der Waals surface area contributed by atoms with Crippen LogP contribution < -0.4 is 4.72 Å². The molecule has 6 heteroatoms. The highest BCUT2D eigenvalue weighted by molar-refractivity contribution is 7.89. The molecule has 1 amide bonds. The van der Waals surface area contributed by atoms with Gasteiger partial charge in [0, 0.05) is 14.1 Å². The van der Waals surface area contributed by atoms with E-state index < -0.39 is 16.1 Å². The third kappa shape index (κ3) is 4.05. The van der Waals surface area contributed by atoms with Crippen molar-refractivity contribution >= 4 is 15.9 Å². The number of likely N-dealkylation sites (N-methyl/N-ethyl adjacent to an activating group) is 1. The summed E-state index contributed by atoms with van der Waals surface area (Å²) in [6.07, 6.45) is 0. The van der Waals surface area contributed by atoms with Crippen LogP contribution in [-0.4, -0.2) is 39.4 Å². The normalized spacial score (nSPS) is 13.3. The Labute approximate surface area is 121 Å². The van der Waals surface area contributed by atoms with Gasteiger partial charge < -0.3 is 4.90 Å². The molecule has 0 aromatic heterocycles. The summed E-state index contributed by atoms with van der Waals surface area (Å²) in [6.45, 7) is 5.50. The lowest BCUT2D eigenvalue weighted by molar-refractivity contribution is -0.131. The first kappa shape index (κ1) is 16.7. The van der Waals surface area contributed by atoms with Gasteiger partial charge in [-0.05, 0) is 25.0 Å². The summed E-state index contributed by atoms with van der Waals surface area (Å²) in [5.41, 5.74) is 0.980. The molecule has 1 N–H and O–H groups in total. The molecule has 0 radical (unpaired) electrons. The van der Waals surface area contributed by atoms with Crippen molar-refractivity contribution in [3.63, 3.8) is 0 Å². The molecular weight excluding hydrogens is 276 g/mol. The zero-order valence-corrected chi connectivity index (χ0v) is 13.4. The lowest BCUT2D eigenvalue weighted by atomic mass is 10.0. The Morgan fingerprint density at radius 3 is 2.05 bits per heavy atom. The first-order valence-electron chi connectivity index (χ1n) is 6.45. The highest BCUT2D eigenvalue weighted by Crippen LogP contribution is 2.13. The monoisotopic (exact) mass is 298 g/mol. The van der Waals surface area contributed by atoms with E-state index in [0.717, 1.165) is 5.56 Å². The quantitative estimate of drug-likeness (QED) is 0.893. The van der Waals surface area contributed by atoms with Crippen LogP contribution in [0.3, 0.4) is 0 Å². The molecule has 0 fully saturated rings. The molecule has 112 valence electrons. The van der Waals surface area contributed by atoms with Crippen molar-refractivity contribution in [3.8, 4) is 0 Å². The van der Waals surface area contributed by atoms with Crippen molar-refractivity contribution in [3.05, 3.63) is 29.8 Å². The molecule has 1 aromatic carbocycles. The number of aryl methyl sites for hydroxylation is 1. The van der Waals surface area contributed by atoms with Gasteiger partial charge in [0.05, 0.1) is 4.90 Å². The van der Waals surface area contributed by atoms with E-state index in [1.54, 1.807) is 26.2 Å². The van der Waals surface area contributed by atoms with E-state index in [1.165, 1.54) is 17.0 Å². The van der Waals surface area contributed by atoms with Crippen LogP contribution in [0.4, 0.5) is 0 Å². The van der Waals surface area contributed by atoms with Crippen LogP contribution in [-0.2, 0) is 14.8 Å². The second-order valence-corrected chi connectivity index (χ2v) is 7.10. The summed E-state index contributed by atoms with van der Waals surface area (Å²) in [6, 6.07) is 5.76. The molecule has 20 heavy (non-hydrogen) atoms. The molecule has 1 rings (SSSR count). The van der Waals surface area contributed by atoms with E-state index in [9.17, 15) is 13.2 Å². The number of benzene rings is 1. The largest absolute Gasteiger partial charge is 0.347 e. The van der Waals surface area contributed by atoms with Gasteiger partial charge in [0.25, 0.3) is 0 Å². The van der Waals surface area contributed by atoms with Gasteiger partial charge in [0.2, 0.25) is 15.9 Å². The average Bonchev–Trinajstić information content (AvgIpc) is 2.35. The van der Waals surface area contributed by atoms with E-state index in [1.807, 2.05) is 20.8 Å². The second kappa shape index (κ2) is 6.37. The van der Waals surface area contributed by atoms with Crippen LogP contribution in [0.25, 0.3) is 0 Å². The van der Waals surface area contributed by atoms with Gasteiger partial charge in [0.1, 0.15) is 6.04 Å². The number of carbonyl (C=O) groups excluding carboxylic acids is 1. The summed E-state index contributed by atoms with van der Waals surface area (Å²) in [7, 11) is -0.479. The predicted molar refractivity (Wildman–Crippen MR) is 78.8 cm³/mol. The van der Waals surface area contributed by atoms with E-state index >= 15 is 0 Å². The fourth-order valence-corrected chi connectivity index (χ4v) is 3.04. The minimum atomic E-state index is -3.70. The van der Waals surface area contributed by atoms with Gasteiger partial charge >= 0.3 is 0 Å². The van der Waals surface area contributed by atoms with Gasteiger partial charge in [0.15, 0.2) is 0 Å². The number of nitrogens with zero attached hydrogens (tertiary/aromatic N) is 1. The maximum absolute atomic E-state index is 12.3. The third-order valence-corrected chi connectivity index (χ3v) is 4.44. The average molecular weight is 298 g/mol. The standard InChI is InChI=1S/C14H22N2O3S/c1-10(2)13(14(17)16(4)5)15-20(18,19)12-8-6-11(3)7-9-12/h6-10,13,15H,1-5H3. The van der Waals surface area contributed by atoms with E-state index in [-0.39, 0.29) is 16.7 Å². The maximum Gasteiger partial charge on any atom is 0.241 e. The molecule has 0 saturated carbocycles. The summed E-state index contributed by atoms with van der Waals surface area (Å²) in [5, 5.41) is 0. The Morgan fingerprint density at radius 1 is 1.15 bits per heavy atom. The molecule has 5 nitrogen and oxygen atoms in total. The SMILES string of the molecule is Cc1ccc(S(=O)(=O)NC(C(=O)N(C)C)C(C)C)cc1. The molecule has 0 bridgehead atoms. The van der Waals surface area contributed by atoms with Crippen molar-refractivity contribution in [1.29, 1.82) is 0 Å². The summed E-state index contributed by atoms with van der Waals surface area (Å²) >= 11 is 0. The smallest absolute Gasteiger partial charge is 0.241 e. The van der Waals surface area contributed by atoms with Crippen molar-refractivity contribution in [1.82, 2.24) is 9.62 Å². The fourth-order valence-electron chi connectivity index (χ4n) is 1.70. The Morgan fingerprint density at radius 2 is 1.65 bits per heavy atom. The number of carbonyl (C=O) groups is 1. The summed E-state index contributed by atoms with van der Waals surface area (Å²) < 4.78 is 27.1. The molecule has 1 unspecified atom stereocenters. The molecule has 0 spiro atoms. The second-order valence-electron chi connectivity index (χ2n) is 5.39. The van der Waals surface area contributed by atoms with Gasteiger partial charge in [-0.2, -0.15) is 4.72 Å². The molecule has 0 heterocycles. The minimum absolute atomic E-state index is 0.134. The minimum Gasteiger partial charge on any atom is -0.347 e. The van der Waals surface area contributed by atoms with Crippen molar-refractivity contribution in [2.45, 2.75) is 31.7 Å². The summed E-state index contributed by atoms with van der Waals surface area (Å²) in [4.78, 5) is 13.6. The topological polar surface area (TPSA) is 66.5 Å². The van der Waals surface area contributed by atoms with Crippen LogP contribution in [0.5, 0.6) is 0 Å². The number of sulfonamides is 1. The number of hydrogen-bond donors (Lipinski definition) is 1. The Balaban J connectivity index is 3.03. The molecule has 0 aliphatic heterocycles. The van der Waals surface area contributed by atoms with E-state index in [2.05, 4.69) is 4.72 Å². The third-order valence-electron chi connectivity index (χ3n) is 2.99. The van der Waals surface area contributed by atoms with Crippen LogP contribution in [0.1, 0.15) is 19.4 Å². The van der Waals surface area contributed by atoms with E-state index in [4.69, 9.17) is 0 Å². The van der Waals surface area contributed by atoms with Crippen LogP contribution in [0.2, 0.25) is 0 Å². The lowest BCUT2D eigenvalue weighted by Crippen LogP contribution is -2.49. The van der Waals surface area contributed by atoms with Gasteiger partial charge in [-0.3, -0.25) is 4.79 Å². The predicted octanol–water partition coefficient (Wildman–Crippen LogP) is 1.39. The van der Waals surface area contributed by atoms with Gasteiger partial charge in [-0.25, -0.2) is 8.42 Å². The Bertz CT molecular complexity index is 563. The number of hydrogen-bond acceptors (Lipinski definition) is 3. The zero-order chi connectivity index (χ0) is 15.5. The van der Waals surface area contributed by atoms with Gasteiger partial charge in [-0.15, -0.1) is 0 Å². The number of amides is 1.